The van der Waals surface area contributed by atoms with Crippen molar-refractivity contribution in [2.24, 2.45) is 5.92 Å². The Morgan fingerprint density at radius 3 is 2.86 bits per heavy atom. The molecule has 14 heavy (non-hydrogen) atoms. The maximum atomic E-state index is 11.6. The predicted octanol–water partition coefficient (Wildman–Crippen LogP) is 0.488. The van der Waals surface area contributed by atoms with Gasteiger partial charge in [0.25, 0.3) is 10.0 Å². The third kappa shape index (κ3) is 1.96. The highest BCUT2D eigenvalue weighted by molar-refractivity contribution is 7.89. The highest BCUT2D eigenvalue weighted by Crippen LogP contribution is 2.25. The fourth-order valence-electron chi connectivity index (χ4n) is 1.40. The van der Waals surface area contributed by atoms with Crippen molar-refractivity contribution >= 4 is 10.0 Å². The van der Waals surface area contributed by atoms with Crippen LogP contribution in [0, 0.1) is 5.92 Å². The van der Waals surface area contributed by atoms with E-state index in [1.165, 1.54) is 18.7 Å². The Labute approximate surface area is 83.0 Å². The summed E-state index contributed by atoms with van der Waals surface area (Å²) in [6.45, 7) is 0.543. The summed E-state index contributed by atoms with van der Waals surface area (Å²) in [5, 5.41) is 6.18. The molecule has 0 aliphatic heterocycles. The summed E-state index contributed by atoms with van der Waals surface area (Å²) < 4.78 is 25.7. The van der Waals surface area contributed by atoms with E-state index in [9.17, 15) is 8.42 Å². The molecule has 0 atom stereocenters. The highest BCUT2D eigenvalue weighted by Gasteiger charge is 2.21. The number of hydrogen-bond donors (Lipinski definition) is 2. The molecule has 0 unspecified atom stereocenters. The van der Waals surface area contributed by atoms with Gasteiger partial charge < -0.3 is 0 Å². The zero-order chi connectivity index (χ0) is 10.0. The lowest BCUT2D eigenvalue weighted by molar-refractivity contribution is 0.316. The van der Waals surface area contributed by atoms with Gasteiger partial charge in [0.05, 0.1) is 6.20 Å². The molecule has 1 aromatic heterocycles. The van der Waals surface area contributed by atoms with E-state index in [0.29, 0.717) is 12.5 Å². The van der Waals surface area contributed by atoms with Crippen molar-refractivity contribution in [1.82, 2.24) is 14.9 Å². The molecular weight excluding hydrogens is 202 g/mol. The molecule has 5 nitrogen and oxygen atoms in total. The number of rotatable bonds is 4. The van der Waals surface area contributed by atoms with Crippen LogP contribution < -0.4 is 4.72 Å². The number of hydrogen-bond acceptors (Lipinski definition) is 3. The topological polar surface area (TPSA) is 74.8 Å². The van der Waals surface area contributed by atoms with Gasteiger partial charge >= 0.3 is 0 Å². The average Bonchev–Trinajstić information content (AvgIpc) is 2.52. The molecule has 0 aromatic carbocycles. The second kappa shape index (κ2) is 3.70. The van der Waals surface area contributed by atoms with Crippen molar-refractivity contribution in [3.05, 3.63) is 12.3 Å². The number of nitrogens with zero attached hydrogens (tertiary/aromatic N) is 1. The molecule has 1 aliphatic carbocycles. The molecule has 1 aromatic rings. The summed E-state index contributed by atoms with van der Waals surface area (Å²) >= 11 is 0. The van der Waals surface area contributed by atoms with Crippen molar-refractivity contribution in [3.63, 3.8) is 0 Å². The van der Waals surface area contributed by atoms with Crippen LogP contribution in [0.5, 0.6) is 0 Å². The van der Waals surface area contributed by atoms with E-state index in [0.717, 1.165) is 12.8 Å². The van der Waals surface area contributed by atoms with Crippen LogP contribution in [0.2, 0.25) is 0 Å². The van der Waals surface area contributed by atoms with Gasteiger partial charge in [-0.15, -0.1) is 0 Å². The largest absolute Gasteiger partial charge is 0.266 e. The van der Waals surface area contributed by atoms with Gasteiger partial charge in [0.15, 0.2) is 5.03 Å². The van der Waals surface area contributed by atoms with Crippen molar-refractivity contribution < 1.29 is 8.42 Å². The first-order valence-corrected chi connectivity index (χ1v) is 6.16. The van der Waals surface area contributed by atoms with Gasteiger partial charge in [-0.25, -0.2) is 13.1 Å². The SMILES string of the molecule is O=S(=O)(NCC1CCC1)c1ccn[nH]1. The molecular formula is C8H13N3O2S. The second-order valence-electron chi connectivity index (χ2n) is 3.57. The lowest BCUT2D eigenvalue weighted by Crippen LogP contribution is -2.32. The van der Waals surface area contributed by atoms with Gasteiger partial charge in [0.1, 0.15) is 0 Å². The number of nitrogens with one attached hydrogen (secondary N) is 2. The summed E-state index contributed by atoms with van der Waals surface area (Å²) in [5.74, 6) is 0.521. The summed E-state index contributed by atoms with van der Waals surface area (Å²) in [5.41, 5.74) is 0. The van der Waals surface area contributed by atoms with Crippen molar-refractivity contribution in [3.8, 4) is 0 Å². The average molecular weight is 215 g/mol. The van der Waals surface area contributed by atoms with Gasteiger partial charge in [-0.2, -0.15) is 5.10 Å². The van der Waals surface area contributed by atoms with Crippen LogP contribution in [-0.4, -0.2) is 25.2 Å². The van der Waals surface area contributed by atoms with Gasteiger partial charge in [-0.05, 0) is 24.8 Å². The van der Waals surface area contributed by atoms with Crippen LogP contribution in [0.15, 0.2) is 17.3 Å². The molecule has 6 heteroatoms. The van der Waals surface area contributed by atoms with Crippen LogP contribution in [0.3, 0.4) is 0 Å². The maximum Gasteiger partial charge on any atom is 0.257 e. The number of aromatic amines is 1. The molecule has 0 radical (unpaired) electrons. The monoisotopic (exact) mass is 215 g/mol. The zero-order valence-corrected chi connectivity index (χ0v) is 8.55. The van der Waals surface area contributed by atoms with E-state index in [-0.39, 0.29) is 5.03 Å². The van der Waals surface area contributed by atoms with Crippen LogP contribution in [-0.2, 0) is 10.0 Å². The lowest BCUT2D eigenvalue weighted by Gasteiger charge is -2.24. The Kier molecular flexibility index (Phi) is 2.56. The fraction of sp³-hybridized carbons (Fsp3) is 0.625. The molecule has 78 valence electrons. The van der Waals surface area contributed by atoms with Gasteiger partial charge in [-0.3, -0.25) is 5.10 Å². The first-order valence-electron chi connectivity index (χ1n) is 4.67. The minimum Gasteiger partial charge on any atom is -0.266 e. The van der Waals surface area contributed by atoms with Gasteiger partial charge in [-0.1, -0.05) is 6.42 Å². The zero-order valence-electron chi connectivity index (χ0n) is 7.73. The number of sulfonamides is 1. The highest BCUT2D eigenvalue weighted by atomic mass is 32.2. The van der Waals surface area contributed by atoms with Gasteiger partial charge in [0, 0.05) is 6.54 Å². The maximum absolute atomic E-state index is 11.6. The molecule has 2 N–H and O–H groups in total. The van der Waals surface area contributed by atoms with Crippen LogP contribution in [0.4, 0.5) is 0 Å². The molecule has 1 fully saturated rings. The first kappa shape index (κ1) is 9.67. The quantitative estimate of drug-likeness (QED) is 0.767. The Morgan fingerprint density at radius 1 is 1.57 bits per heavy atom. The summed E-state index contributed by atoms with van der Waals surface area (Å²) in [6.07, 6.45) is 4.91. The second-order valence-corrected chi connectivity index (χ2v) is 5.31. The van der Waals surface area contributed by atoms with Crippen molar-refractivity contribution in [1.29, 1.82) is 0 Å². The predicted molar refractivity (Wildman–Crippen MR) is 51.1 cm³/mol. The fourth-order valence-corrected chi connectivity index (χ4v) is 2.42. The van der Waals surface area contributed by atoms with E-state index < -0.39 is 10.0 Å². The number of H-pyrrole nitrogens is 1. The van der Waals surface area contributed by atoms with Crippen LogP contribution >= 0.6 is 0 Å². The molecule has 1 saturated carbocycles. The van der Waals surface area contributed by atoms with Crippen molar-refractivity contribution in [2.75, 3.05) is 6.54 Å². The third-order valence-electron chi connectivity index (χ3n) is 2.55. The van der Waals surface area contributed by atoms with E-state index in [1.807, 2.05) is 0 Å². The normalized spacial score (nSPS) is 18.0. The molecule has 0 amide bonds. The third-order valence-corrected chi connectivity index (χ3v) is 3.90. The molecule has 2 rings (SSSR count). The minimum atomic E-state index is -3.36. The van der Waals surface area contributed by atoms with Gasteiger partial charge in [0.2, 0.25) is 0 Å². The Bertz CT molecular complexity index is 381. The summed E-state index contributed by atoms with van der Waals surface area (Å²) in [6, 6.07) is 1.45. The van der Waals surface area contributed by atoms with Crippen LogP contribution in [0.1, 0.15) is 19.3 Å². The molecule has 0 spiro atoms. The Hall–Kier alpha value is -0.880. The van der Waals surface area contributed by atoms with E-state index in [4.69, 9.17) is 0 Å². The molecule has 0 bridgehead atoms. The standard InChI is InChI=1S/C8H13N3O2S/c12-14(13,8-4-5-9-11-8)10-6-7-2-1-3-7/h4-5,7,10H,1-3,6H2,(H,9,11). The van der Waals surface area contributed by atoms with Crippen molar-refractivity contribution in [2.45, 2.75) is 24.3 Å². The lowest BCUT2D eigenvalue weighted by atomic mass is 9.86. The smallest absolute Gasteiger partial charge is 0.257 e. The number of aromatic nitrogens is 2. The van der Waals surface area contributed by atoms with E-state index in [1.54, 1.807) is 0 Å². The van der Waals surface area contributed by atoms with E-state index >= 15 is 0 Å². The van der Waals surface area contributed by atoms with E-state index in [2.05, 4.69) is 14.9 Å². The Morgan fingerprint density at radius 2 is 2.36 bits per heavy atom. The molecule has 1 heterocycles. The van der Waals surface area contributed by atoms with Crippen LogP contribution in [0.25, 0.3) is 0 Å². The minimum absolute atomic E-state index is 0.136. The Balaban J connectivity index is 1.95. The molecule has 0 saturated heterocycles. The summed E-state index contributed by atoms with van der Waals surface area (Å²) in [7, 11) is -3.36. The summed E-state index contributed by atoms with van der Waals surface area (Å²) in [4.78, 5) is 0. The molecule has 1 aliphatic rings. The first-order chi connectivity index (χ1) is 6.68.